The Morgan fingerprint density at radius 1 is 1.44 bits per heavy atom. The van der Waals surface area contributed by atoms with Crippen LogP contribution in [0.4, 0.5) is 5.69 Å². The number of nitrogens with zero attached hydrogens (tertiary/aromatic N) is 1. The normalized spacial score (nSPS) is 12.8. The molecule has 86 valence electrons. The van der Waals surface area contributed by atoms with Gasteiger partial charge in [-0.2, -0.15) is 5.26 Å². The molecule has 16 heavy (non-hydrogen) atoms. The molecule has 0 aliphatic heterocycles. The van der Waals surface area contributed by atoms with E-state index in [1.807, 2.05) is 0 Å². The summed E-state index contributed by atoms with van der Waals surface area (Å²) in [5.74, 6) is 0. The number of anilines is 1. The third-order valence-corrected chi connectivity index (χ3v) is 4.23. The first kappa shape index (κ1) is 13.0. The second kappa shape index (κ2) is 5.32. The van der Waals surface area contributed by atoms with Crippen molar-refractivity contribution in [2.24, 2.45) is 0 Å². The summed E-state index contributed by atoms with van der Waals surface area (Å²) in [6.07, 6.45) is 0.266. The summed E-state index contributed by atoms with van der Waals surface area (Å²) in [7, 11) is -3.61. The minimum Gasteiger partial charge on any atom is -0.282 e. The summed E-state index contributed by atoms with van der Waals surface area (Å²) < 4.78 is 26.6. The van der Waals surface area contributed by atoms with Crippen molar-refractivity contribution >= 4 is 31.6 Å². The largest absolute Gasteiger partial charge is 0.282 e. The SMILES string of the molecule is CCC(C#N)S(=O)(=O)Nc1ccc(Br)cc1. The van der Waals surface area contributed by atoms with E-state index in [0.717, 1.165) is 4.47 Å². The molecule has 0 aliphatic carbocycles. The third kappa shape index (κ3) is 3.22. The maximum atomic E-state index is 11.7. The van der Waals surface area contributed by atoms with Gasteiger partial charge in [-0.15, -0.1) is 0 Å². The van der Waals surface area contributed by atoms with Gasteiger partial charge in [0.2, 0.25) is 10.0 Å². The first-order valence-corrected chi connectivity index (χ1v) is 7.00. The van der Waals surface area contributed by atoms with Crippen molar-refractivity contribution in [2.75, 3.05) is 4.72 Å². The predicted octanol–water partition coefficient (Wildman–Crippen LogP) is 2.49. The average molecular weight is 303 g/mol. The lowest BCUT2D eigenvalue weighted by molar-refractivity contribution is 0.593. The van der Waals surface area contributed by atoms with Crippen LogP contribution in [0.1, 0.15) is 13.3 Å². The summed E-state index contributed by atoms with van der Waals surface area (Å²) in [6, 6.07) is 8.48. The minimum absolute atomic E-state index is 0.266. The molecule has 1 atom stereocenters. The fourth-order valence-corrected chi connectivity index (χ4v) is 2.58. The number of hydrogen-bond acceptors (Lipinski definition) is 3. The van der Waals surface area contributed by atoms with Gasteiger partial charge in [-0.1, -0.05) is 22.9 Å². The zero-order valence-electron chi connectivity index (χ0n) is 8.64. The maximum absolute atomic E-state index is 11.7. The third-order valence-electron chi connectivity index (χ3n) is 1.99. The number of nitriles is 1. The number of nitrogens with one attached hydrogen (secondary N) is 1. The smallest absolute Gasteiger partial charge is 0.249 e. The fraction of sp³-hybridized carbons (Fsp3) is 0.300. The van der Waals surface area contributed by atoms with Gasteiger partial charge in [0, 0.05) is 10.2 Å². The van der Waals surface area contributed by atoms with Crippen molar-refractivity contribution in [1.29, 1.82) is 5.26 Å². The fourth-order valence-electron chi connectivity index (χ4n) is 1.13. The molecule has 1 N–H and O–H groups in total. The van der Waals surface area contributed by atoms with Crippen LogP contribution >= 0.6 is 15.9 Å². The standard InChI is InChI=1S/C10H11BrN2O2S/c1-2-10(7-12)16(14,15)13-9-5-3-8(11)4-6-9/h3-6,10,13H,2H2,1H3. The van der Waals surface area contributed by atoms with Crippen molar-refractivity contribution in [3.63, 3.8) is 0 Å². The molecule has 0 spiro atoms. The van der Waals surface area contributed by atoms with Gasteiger partial charge < -0.3 is 0 Å². The van der Waals surface area contributed by atoms with E-state index in [1.54, 1.807) is 37.3 Å². The lowest BCUT2D eigenvalue weighted by Gasteiger charge is -2.10. The monoisotopic (exact) mass is 302 g/mol. The molecule has 6 heteroatoms. The van der Waals surface area contributed by atoms with E-state index in [9.17, 15) is 8.42 Å². The summed E-state index contributed by atoms with van der Waals surface area (Å²) in [5, 5.41) is 7.69. The Balaban J connectivity index is 2.89. The summed E-state index contributed by atoms with van der Waals surface area (Å²) in [4.78, 5) is 0. The maximum Gasteiger partial charge on any atom is 0.249 e. The topological polar surface area (TPSA) is 70.0 Å². The Hall–Kier alpha value is -1.06. The highest BCUT2D eigenvalue weighted by Crippen LogP contribution is 2.17. The number of sulfonamides is 1. The predicted molar refractivity (Wildman–Crippen MR) is 66.4 cm³/mol. The van der Waals surface area contributed by atoms with Crippen LogP contribution < -0.4 is 4.72 Å². The Bertz CT molecular complexity index is 491. The van der Waals surface area contributed by atoms with Crippen LogP contribution in [0.5, 0.6) is 0 Å². The summed E-state index contributed by atoms with van der Waals surface area (Å²) in [5.41, 5.74) is 0.455. The average Bonchev–Trinajstić information content (AvgIpc) is 2.22. The van der Waals surface area contributed by atoms with Crippen LogP contribution in [0.3, 0.4) is 0 Å². The van der Waals surface area contributed by atoms with E-state index < -0.39 is 15.3 Å². The highest BCUT2D eigenvalue weighted by Gasteiger charge is 2.22. The highest BCUT2D eigenvalue weighted by atomic mass is 79.9. The molecule has 0 heterocycles. The molecule has 0 aromatic heterocycles. The second-order valence-electron chi connectivity index (χ2n) is 3.18. The van der Waals surface area contributed by atoms with Gasteiger partial charge in [0.05, 0.1) is 6.07 Å². The number of rotatable bonds is 4. The van der Waals surface area contributed by atoms with Crippen LogP contribution in [-0.2, 0) is 10.0 Å². The quantitative estimate of drug-likeness (QED) is 0.929. The Morgan fingerprint density at radius 2 is 2.00 bits per heavy atom. The molecule has 0 bridgehead atoms. The molecule has 0 radical (unpaired) electrons. The Labute approximate surface area is 103 Å². The number of benzene rings is 1. The van der Waals surface area contributed by atoms with Crippen LogP contribution in [0.2, 0.25) is 0 Å². The van der Waals surface area contributed by atoms with Crippen molar-refractivity contribution in [3.05, 3.63) is 28.7 Å². The molecule has 0 aliphatic rings. The van der Waals surface area contributed by atoms with Gasteiger partial charge in [-0.05, 0) is 30.7 Å². The zero-order valence-corrected chi connectivity index (χ0v) is 11.0. The lowest BCUT2D eigenvalue weighted by Crippen LogP contribution is -2.25. The van der Waals surface area contributed by atoms with E-state index in [0.29, 0.717) is 5.69 Å². The first-order chi connectivity index (χ1) is 7.49. The van der Waals surface area contributed by atoms with E-state index in [4.69, 9.17) is 5.26 Å². The van der Waals surface area contributed by atoms with E-state index in [2.05, 4.69) is 20.7 Å². The number of hydrogen-bond donors (Lipinski definition) is 1. The van der Waals surface area contributed by atoms with Gasteiger partial charge in [0.15, 0.2) is 5.25 Å². The summed E-state index contributed by atoms with van der Waals surface area (Å²) >= 11 is 3.25. The lowest BCUT2D eigenvalue weighted by atomic mass is 10.3. The van der Waals surface area contributed by atoms with Gasteiger partial charge in [0.25, 0.3) is 0 Å². The molecular formula is C10H11BrN2O2S. The van der Waals surface area contributed by atoms with Crippen LogP contribution in [0.15, 0.2) is 28.7 Å². The van der Waals surface area contributed by atoms with Crippen molar-refractivity contribution in [2.45, 2.75) is 18.6 Å². The van der Waals surface area contributed by atoms with E-state index >= 15 is 0 Å². The Kier molecular flexibility index (Phi) is 4.33. The van der Waals surface area contributed by atoms with E-state index in [-0.39, 0.29) is 6.42 Å². The number of halogens is 1. The van der Waals surface area contributed by atoms with Gasteiger partial charge >= 0.3 is 0 Å². The van der Waals surface area contributed by atoms with Crippen molar-refractivity contribution < 1.29 is 8.42 Å². The molecule has 1 aromatic carbocycles. The molecule has 1 aromatic rings. The molecule has 0 fully saturated rings. The van der Waals surface area contributed by atoms with Crippen LogP contribution in [0.25, 0.3) is 0 Å². The van der Waals surface area contributed by atoms with Gasteiger partial charge in [0.1, 0.15) is 0 Å². The van der Waals surface area contributed by atoms with Crippen molar-refractivity contribution in [1.82, 2.24) is 0 Å². The minimum atomic E-state index is -3.61. The van der Waals surface area contributed by atoms with Gasteiger partial charge in [-0.3, -0.25) is 4.72 Å². The molecule has 1 rings (SSSR count). The summed E-state index contributed by atoms with van der Waals surface area (Å²) in [6.45, 7) is 1.66. The molecule has 4 nitrogen and oxygen atoms in total. The van der Waals surface area contributed by atoms with Gasteiger partial charge in [-0.25, -0.2) is 8.42 Å². The van der Waals surface area contributed by atoms with Crippen LogP contribution in [0, 0.1) is 11.3 Å². The van der Waals surface area contributed by atoms with E-state index in [1.165, 1.54) is 0 Å². The molecular weight excluding hydrogens is 292 g/mol. The Morgan fingerprint density at radius 3 is 2.44 bits per heavy atom. The van der Waals surface area contributed by atoms with Crippen LogP contribution in [-0.4, -0.2) is 13.7 Å². The molecule has 1 unspecified atom stereocenters. The zero-order chi connectivity index (χ0) is 12.2. The van der Waals surface area contributed by atoms with Crippen molar-refractivity contribution in [3.8, 4) is 6.07 Å². The second-order valence-corrected chi connectivity index (χ2v) is 5.96. The molecule has 0 amide bonds. The first-order valence-electron chi connectivity index (χ1n) is 4.66. The highest BCUT2D eigenvalue weighted by molar-refractivity contribution is 9.10. The molecule has 0 saturated carbocycles. The molecule has 0 saturated heterocycles.